The number of halogens is 4. The summed E-state index contributed by atoms with van der Waals surface area (Å²) in [5.74, 6) is -0.464. The maximum Gasteiger partial charge on any atom is 0.416 e. The molecular weight excluding hydrogens is 309 g/mol. The summed E-state index contributed by atoms with van der Waals surface area (Å²) in [5.41, 5.74) is 5.20. The summed E-state index contributed by atoms with van der Waals surface area (Å²) in [6, 6.07) is 4.83. The Bertz CT molecular complexity index is 469. The lowest BCUT2D eigenvalue weighted by atomic mass is 9.96. The molecule has 1 unspecified atom stereocenters. The third-order valence-corrected chi connectivity index (χ3v) is 3.06. The Hall–Kier alpha value is -1.47. The van der Waals surface area contributed by atoms with Crippen molar-refractivity contribution in [1.82, 2.24) is 4.90 Å². The Balaban J connectivity index is 0.00000400. The van der Waals surface area contributed by atoms with Crippen molar-refractivity contribution in [2.75, 3.05) is 19.6 Å². The van der Waals surface area contributed by atoms with Gasteiger partial charge in [0.1, 0.15) is 0 Å². The predicted octanol–water partition coefficient (Wildman–Crippen LogP) is 3.17. The van der Waals surface area contributed by atoms with Crippen molar-refractivity contribution in [3.63, 3.8) is 0 Å². The molecule has 1 atom stereocenters. The van der Waals surface area contributed by atoms with E-state index in [1.807, 2.05) is 0 Å². The highest BCUT2D eigenvalue weighted by molar-refractivity contribution is 5.85. The van der Waals surface area contributed by atoms with Gasteiger partial charge in [-0.2, -0.15) is 13.2 Å². The van der Waals surface area contributed by atoms with Crippen molar-refractivity contribution in [1.29, 1.82) is 0 Å². The van der Waals surface area contributed by atoms with Crippen molar-refractivity contribution >= 4 is 18.5 Å². The third-order valence-electron chi connectivity index (χ3n) is 3.06. The number of carbonyl (C=O) groups is 1. The summed E-state index contributed by atoms with van der Waals surface area (Å²) in [6.07, 6.45) is -5.54. The van der Waals surface area contributed by atoms with Crippen LogP contribution in [0.2, 0.25) is 0 Å². The molecule has 0 saturated heterocycles. The number of hydrogen-bond acceptors (Lipinski definition) is 2. The normalized spacial score (nSPS) is 12.4. The van der Waals surface area contributed by atoms with Crippen LogP contribution in [0.3, 0.4) is 0 Å². The first kappa shape index (κ1) is 19.5. The van der Waals surface area contributed by atoms with Crippen LogP contribution in [0.4, 0.5) is 18.0 Å². The van der Waals surface area contributed by atoms with E-state index in [1.54, 1.807) is 6.92 Å². The van der Waals surface area contributed by atoms with Crippen LogP contribution >= 0.6 is 12.4 Å². The lowest BCUT2D eigenvalue weighted by Gasteiger charge is -2.24. The molecule has 0 aliphatic heterocycles. The van der Waals surface area contributed by atoms with Gasteiger partial charge in [-0.1, -0.05) is 18.2 Å². The number of likely N-dealkylation sites (N-methyl/N-ethyl adjacent to an activating group) is 1. The van der Waals surface area contributed by atoms with Gasteiger partial charge in [-0.05, 0) is 18.6 Å². The van der Waals surface area contributed by atoms with E-state index >= 15 is 0 Å². The number of amides is 1. The average Bonchev–Trinajstić information content (AvgIpc) is 2.39. The molecule has 3 N–H and O–H groups in total. The van der Waals surface area contributed by atoms with Crippen LogP contribution in [-0.4, -0.2) is 35.7 Å². The van der Waals surface area contributed by atoms with E-state index in [0.29, 0.717) is 5.56 Å². The van der Waals surface area contributed by atoms with Crippen molar-refractivity contribution in [2.45, 2.75) is 19.0 Å². The molecule has 0 radical (unpaired) electrons. The quantitative estimate of drug-likeness (QED) is 0.873. The highest BCUT2D eigenvalue weighted by atomic mass is 35.5. The summed E-state index contributed by atoms with van der Waals surface area (Å²) in [4.78, 5) is 12.1. The summed E-state index contributed by atoms with van der Waals surface area (Å²) < 4.78 is 38.0. The van der Waals surface area contributed by atoms with Crippen LogP contribution in [0.1, 0.15) is 24.0 Å². The van der Waals surface area contributed by atoms with Crippen molar-refractivity contribution < 1.29 is 23.1 Å². The Kier molecular flexibility index (Phi) is 7.52. The fourth-order valence-corrected chi connectivity index (χ4v) is 1.89. The van der Waals surface area contributed by atoms with Crippen molar-refractivity contribution in [2.24, 2.45) is 5.73 Å². The molecule has 1 aromatic carbocycles. The fraction of sp³-hybridized carbons (Fsp3) is 0.462. The molecular formula is C13H18ClF3N2O2. The zero-order valence-electron chi connectivity index (χ0n) is 11.4. The molecule has 0 aromatic heterocycles. The van der Waals surface area contributed by atoms with Gasteiger partial charge in [0.15, 0.2) is 0 Å². The van der Waals surface area contributed by atoms with Gasteiger partial charge in [0.05, 0.1) is 5.56 Å². The summed E-state index contributed by atoms with van der Waals surface area (Å²) in [6.45, 7) is 2.06. The SMILES string of the molecule is CCN(CC(CN)c1cccc(C(F)(F)F)c1)C(=O)O.Cl. The average molecular weight is 327 g/mol. The van der Waals surface area contributed by atoms with Gasteiger partial charge in [-0.15, -0.1) is 12.4 Å². The summed E-state index contributed by atoms with van der Waals surface area (Å²) >= 11 is 0. The molecule has 21 heavy (non-hydrogen) atoms. The standard InChI is InChI=1S/C13H17F3N2O2.ClH/c1-2-18(12(19)20)8-10(7-17)9-4-3-5-11(6-9)13(14,15)16;/h3-6,10H,2,7-8,17H2,1H3,(H,19,20);1H. The molecule has 0 aliphatic rings. The van der Waals surface area contributed by atoms with E-state index in [4.69, 9.17) is 10.8 Å². The number of carboxylic acid groups (broad SMARTS) is 1. The van der Waals surface area contributed by atoms with E-state index in [1.165, 1.54) is 12.1 Å². The highest BCUT2D eigenvalue weighted by Gasteiger charge is 2.31. The number of alkyl halides is 3. The second-order valence-corrected chi connectivity index (χ2v) is 4.38. The molecule has 0 heterocycles. The smallest absolute Gasteiger partial charge is 0.416 e. The van der Waals surface area contributed by atoms with Crippen LogP contribution < -0.4 is 5.73 Å². The summed E-state index contributed by atoms with van der Waals surface area (Å²) in [7, 11) is 0. The Morgan fingerprint density at radius 3 is 2.48 bits per heavy atom. The lowest BCUT2D eigenvalue weighted by molar-refractivity contribution is -0.137. The Morgan fingerprint density at radius 1 is 1.43 bits per heavy atom. The number of benzene rings is 1. The van der Waals surface area contributed by atoms with Crippen molar-refractivity contribution in [3.8, 4) is 0 Å². The largest absolute Gasteiger partial charge is 0.465 e. The van der Waals surface area contributed by atoms with E-state index in [2.05, 4.69) is 0 Å². The molecule has 0 fully saturated rings. The molecule has 1 rings (SSSR count). The zero-order valence-corrected chi connectivity index (χ0v) is 12.2. The fourth-order valence-electron chi connectivity index (χ4n) is 1.89. The molecule has 0 saturated carbocycles. The second-order valence-electron chi connectivity index (χ2n) is 4.38. The lowest BCUT2D eigenvalue weighted by Crippen LogP contribution is -2.35. The predicted molar refractivity (Wildman–Crippen MR) is 75.8 cm³/mol. The van der Waals surface area contributed by atoms with Gasteiger partial charge in [-0.3, -0.25) is 0 Å². The number of rotatable bonds is 5. The van der Waals surface area contributed by atoms with E-state index in [-0.39, 0.29) is 32.0 Å². The molecule has 4 nitrogen and oxygen atoms in total. The van der Waals surface area contributed by atoms with Crippen LogP contribution in [0.15, 0.2) is 24.3 Å². The van der Waals surface area contributed by atoms with Crippen LogP contribution in [-0.2, 0) is 6.18 Å². The molecule has 0 aliphatic carbocycles. The minimum Gasteiger partial charge on any atom is -0.465 e. The van der Waals surface area contributed by atoms with Gasteiger partial charge in [0.25, 0.3) is 0 Å². The summed E-state index contributed by atoms with van der Waals surface area (Å²) in [5, 5.41) is 8.95. The maximum absolute atomic E-state index is 12.7. The van der Waals surface area contributed by atoms with Crippen LogP contribution in [0.25, 0.3) is 0 Å². The second kappa shape index (κ2) is 8.09. The molecule has 0 spiro atoms. The zero-order chi connectivity index (χ0) is 15.3. The van der Waals surface area contributed by atoms with Crippen LogP contribution in [0, 0.1) is 0 Å². The van der Waals surface area contributed by atoms with Gasteiger partial charge < -0.3 is 15.7 Å². The third kappa shape index (κ3) is 5.43. The molecule has 1 aromatic rings. The van der Waals surface area contributed by atoms with E-state index in [9.17, 15) is 18.0 Å². The van der Waals surface area contributed by atoms with Crippen LogP contribution in [0.5, 0.6) is 0 Å². The minimum absolute atomic E-state index is 0. The van der Waals surface area contributed by atoms with Gasteiger partial charge in [0.2, 0.25) is 0 Å². The minimum atomic E-state index is -4.42. The van der Waals surface area contributed by atoms with Gasteiger partial charge >= 0.3 is 12.3 Å². The first-order valence-corrected chi connectivity index (χ1v) is 6.14. The van der Waals surface area contributed by atoms with Gasteiger partial charge in [-0.25, -0.2) is 4.79 Å². The maximum atomic E-state index is 12.7. The molecule has 1 amide bonds. The van der Waals surface area contributed by atoms with Crippen molar-refractivity contribution in [3.05, 3.63) is 35.4 Å². The van der Waals surface area contributed by atoms with E-state index in [0.717, 1.165) is 17.0 Å². The first-order valence-electron chi connectivity index (χ1n) is 6.14. The molecule has 0 bridgehead atoms. The van der Waals surface area contributed by atoms with E-state index < -0.39 is 23.8 Å². The van der Waals surface area contributed by atoms with Gasteiger partial charge in [0, 0.05) is 25.6 Å². The highest BCUT2D eigenvalue weighted by Crippen LogP contribution is 2.31. The Labute approximate surface area is 127 Å². The Morgan fingerprint density at radius 2 is 2.05 bits per heavy atom. The monoisotopic (exact) mass is 326 g/mol. The number of nitrogens with zero attached hydrogens (tertiary/aromatic N) is 1. The number of hydrogen-bond donors (Lipinski definition) is 2. The first-order chi connectivity index (χ1) is 9.29. The molecule has 8 heteroatoms. The molecule has 120 valence electrons. The number of nitrogens with two attached hydrogens (primary N) is 1. The topological polar surface area (TPSA) is 66.6 Å².